The molecule has 0 spiro atoms. The molecule has 1 N–H and O–H groups in total. The van der Waals surface area contributed by atoms with E-state index in [-0.39, 0.29) is 5.56 Å². The van der Waals surface area contributed by atoms with Crippen LogP contribution in [-0.4, -0.2) is 17.7 Å². The van der Waals surface area contributed by atoms with Crippen molar-refractivity contribution in [3.05, 3.63) is 28.8 Å². The number of hydrogen-bond acceptors (Lipinski definition) is 3. The van der Waals surface area contributed by atoms with E-state index in [1.165, 1.54) is 12.1 Å². The van der Waals surface area contributed by atoms with Crippen molar-refractivity contribution in [1.82, 2.24) is 0 Å². The topological polar surface area (TPSA) is 70.3 Å². The third-order valence-electron chi connectivity index (χ3n) is 2.13. The highest BCUT2D eigenvalue weighted by atomic mass is 19.3. The zero-order valence-corrected chi connectivity index (χ0v) is 8.91. The van der Waals surface area contributed by atoms with Gasteiger partial charge < -0.3 is 9.84 Å². The van der Waals surface area contributed by atoms with E-state index < -0.39 is 23.9 Å². The Labute approximate surface area is 96.0 Å². The second kappa shape index (κ2) is 5.25. The van der Waals surface area contributed by atoms with Gasteiger partial charge in [0.05, 0.1) is 5.56 Å². The molecule has 4 nitrogen and oxygen atoms in total. The van der Waals surface area contributed by atoms with E-state index in [9.17, 15) is 13.6 Å². The van der Waals surface area contributed by atoms with Crippen molar-refractivity contribution in [3.63, 3.8) is 0 Å². The van der Waals surface area contributed by atoms with Crippen LogP contribution in [0.1, 0.15) is 28.4 Å². The zero-order valence-electron chi connectivity index (χ0n) is 8.91. The summed E-state index contributed by atoms with van der Waals surface area (Å²) < 4.78 is 28.4. The van der Waals surface area contributed by atoms with Gasteiger partial charge in [0.1, 0.15) is 17.4 Å². The molecule has 6 heteroatoms. The Morgan fingerprint density at radius 2 is 2.24 bits per heavy atom. The summed E-state index contributed by atoms with van der Waals surface area (Å²) in [6.07, 6.45) is 0.450. The fourth-order valence-electron chi connectivity index (χ4n) is 1.35. The summed E-state index contributed by atoms with van der Waals surface area (Å²) in [5.74, 6) is -1.75. The van der Waals surface area contributed by atoms with Gasteiger partial charge in [0.15, 0.2) is 0 Å². The third-order valence-corrected chi connectivity index (χ3v) is 2.13. The normalized spacial score (nSPS) is 10.1. The van der Waals surface area contributed by atoms with E-state index in [1.807, 2.05) is 0 Å². The van der Waals surface area contributed by atoms with Crippen molar-refractivity contribution in [1.29, 1.82) is 5.26 Å². The lowest BCUT2D eigenvalue weighted by Gasteiger charge is -2.10. The second-order valence-electron chi connectivity index (χ2n) is 3.17. The second-order valence-corrected chi connectivity index (χ2v) is 3.17. The van der Waals surface area contributed by atoms with Crippen LogP contribution in [0.25, 0.3) is 0 Å². The summed E-state index contributed by atoms with van der Waals surface area (Å²) in [7, 11) is 0. The number of aryl methyl sites for hydroxylation is 1. The molecule has 0 saturated carbocycles. The number of carbonyl (C=O) groups is 1. The molecule has 0 aromatic heterocycles. The number of halogens is 2. The molecule has 0 aliphatic carbocycles. The third kappa shape index (κ3) is 2.91. The summed E-state index contributed by atoms with van der Waals surface area (Å²) >= 11 is 0. The Morgan fingerprint density at radius 3 is 2.65 bits per heavy atom. The van der Waals surface area contributed by atoms with E-state index in [0.717, 1.165) is 0 Å². The number of nitriles is 1. The summed E-state index contributed by atoms with van der Waals surface area (Å²) in [5.41, 5.74) is -0.213. The molecule has 0 aliphatic heterocycles. The molecule has 17 heavy (non-hydrogen) atoms. The summed E-state index contributed by atoms with van der Waals surface area (Å²) in [6.45, 7) is -1.37. The molecular formula is C11H9F2NO3. The number of hydrogen-bond donors (Lipinski definition) is 1. The van der Waals surface area contributed by atoms with Crippen molar-refractivity contribution in [3.8, 4) is 11.8 Å². The van der Waals surface area contributed by atoms with Crippen molar-refractivity contribution in [2.75, 3.05) is 0 Å². The van der Waals surface area contributed by atoms with Gasteiger partial charge in [-0.15, -0.1) is 0 Å². The van der Waals surface area contributed by atoms with Crippen LogP contribution in [-0.2, 0) is 6.42 Å². The Balaban J connectivity index is 3.40. The van der Waals surface area contributed by atoms with Crippen LogP contribution >= 0.6 is 0 Å². The highest BCUT2D eigenvalue weighted by Crippen LogP contribution is 2.26. The smallest absolute Gasteiger partial charge is 0.387 e. The molecule has 0 saturated heterocycles. The maximum Gasteiger partial charge on any atom is 0.387 e. The average Bonchev–Trinajstić information content (AvgIpc) is 2.26. The number of carboxylic acid groups (broad SMARTS) is 1. The van der Waals surface area contributed by atoms with Crippen LogP contribution in [0.15, 0.2) is 12.1 Å². The number of benzene rings is 1. The summed E-state index contributed by atoms with van der Waals surface area (Å²) in [6, 6.07) is 4.09. The molecule has 0 heterocycles. The van der Waals surface area contributed by atoms with Crippen LogP contribution in [0.5, 0.6) is 5.75 Å². The van der Waals surface area contributed by atoms with E-state index in [2.05, 4.69) is 4.74 Å². The Hall–Kier alpha value is -2.16. The van der Waals surface area contributed by atoms with E-state index in [0.29, 0.717) is 12.0 Å². The molecular weight excluding hydrogens is 232 g/mol. The molecule has 90 valence electrons. The minimum absolute atomic E-state index is 0.331. The molecule has 0 bridgehead atoms. The van der Waals surface area contributed by atoms with Gasteiger partial charge in [-0.05, 0) is 24.1 Å². The first-order valence-electron chi connectivity index (χ1n) is 4.74. The number of carboxylic acids is 1. The van der Waals surface area contributed by atoms with Crippen molar-refractivity contribution in [2.45, 2.75) is 20.0 Å². The molecule has 0 radical (unpaired) electrons. The monoisotopic (exact) mass is 241 g/mol. The van der Waals surface area contributed by atoms with Gasteiger partial charge in [0, 0.05) is 0 Å². The summed E-state index contributed by atoms with van der Waals surface area (Å²) in [4.78, 5) is 10.9. The Morgan fingerprint density at radius 1 is 1.59 bits per heavy atom. The first-order chi connectivity index (χ1) is 7.99. The van der Waals surface area contributed by atoms with Crippen molar-refractivity contribution < 1.29 is 23.4 Å². The van der Waals surface area contributed by atoms with Crippen LogP contribution in [0.2, 0.25) is 0 Å². The molecule has 0 aliphatic rings. The molecule has 0 fully saturated rings. The van der Waals surface area contributed by atoms with E-state index in [1.54, 1.807) is 13.0 Å². The first kappa shape index (κ1) is 12.9. The van der Waals surface area contributed by atoms with Gasteiger partial charge in [-0.1, -0.05) is 6.92 Å². The lowest BCUT2D eigenvalue weighted by Crippen LogP contribution is -2.08. The van der Waals surface area contributed by atoms with Crippen LogP contribution < -0.4 is 4.74 Å². The fraction of sp³-hybridized carbons (Fsp3) is 0.273. The minimum Gasteiger partial charge on any atom is -0.478 e. The van der Waals surface area contributed by atoms with Gasteiger partial charge >= 0.3 is 12.6 Å². The minimum atomic E-state index is -3.10. The first-order valence-corrected chi connectivity index (χ1v) is 4.74. The van der Waals surface area contributed by atoms with Gasteiger partial charge in [-0.25, -0.2) is 4.79 Å². The SMILES string of the molecule is CCc1cc(OC(F)F)c(C#N)c(C(=O)O)c1. The van der Waals surface area contributed by atoms with Crippen LogP contribution in [0.3, 0.4) is 0 Å². The van der Waals surface area contributed by atoms with Gasteiger partial charge in [-0.2, -0.15) is 14.0 Å². The fourth-order valence-corrected chi connectivity index (χ4v) is 1.35. The van der Waals surface area contributed by atoms with E-state index >= 15 is 0 Å². The number of rotatable bonds is 4. The number of nitrogens with zero attached hydrogens (tertiary/aromatic N) is 1. The highest BCUT2D eigenvalue weighted by Gasteiger charge is 2.19. The van der Waals surface area contributed by atoms with Crippen molar-refractivity contribution in [2.24, 2.45) is 0 Å². The largest absolute Gasteiger partial charge is 0.478 e. The van der Waals surface area contributed by atoms with Crippen LogP contribution in [0, 0.1) is 11.3 Å². The molecule has 0 unspecified atom stereocenters. The molecule has 1 rings (SSSR count). The van der Waals surface area contributed by atoms with Gasteiger partial charge in [0.25, 0.3) is 0 Å². The van der Waals surface area contributed by atoms with Crippen molar-refractivity contribution >= 4 is 5.97 Å². The highest BCUT2D eigenvalue weighted by molar-refractivity contribution is 5.92. The predicted molar refractivity (Wildman–Crippen MR) is 54.1 cm³/mol. The van der Waals surface area contributed by atoms with E-state index in [4.69, 9.17) is 10.4 Å². The predicted octanol–water partition coefficient (Wildman–Crippen LogP) is 2.42. The van der Waals surface area contributed by atoms with Gasteiger partial charge in [0.2, 0.25) is 0 Å². The zero-order chi connectivity index (χ0) is 13.0. The van der Waals surface area contributed by atoms with Crippen LogP contribution in [0.4, 0.5) is 8.78 Å². The number of aromatic carboxylic acids is 1. The summed E-state index contributed by atoms with van der Waals surface area (Å²) in [5, 5.41) is 17.7. The number of alkyl halides is 2. The van der Waals surface area contributed by atoms with Gasteiger partial charge in [-0.3, -0.25) is 0 Å². The molecule has 1 aromatic rings. The molecule has 1 aromatic carbocycles. The quantitative estimate of drug-likeness (QED) is 0.878. The standard InChI is InChI=1S/C11H9F2NO3/c1-2-6-3-7(10(15)16)8(5-14)9(4-6)17-11(12)13/h3-4,11H,2H2,1H3,(H,15,16). The maximum absolute atomic E-state index is 12.1. The molecule has 0 amide bonds. The average molecular weight is 241 g/mol. The Bertz CT molecular complexity index is 480. The molecule has 0 atom stereocenters. The lowest BCUT2D eigenvalue weighted by atomic mass is 10.0. The number of ether oxygens (including phenoxy) is 1. The Kier molecular flexibility index (Phi) is 3.99. The maximum atomic E-state index is 12.1. The lowest BCUT2D eigenvalue weighted by molar-refractivity contribution is -0.0501.